The summed E-state index contributed by atoms with van der Waals surface area (Å²) in [5.74, 6) is 0.358. The van der Waals surface area contributed by atoms with Gasteiger partial charge in [-0.1, -0.05) is 43.4 Å². The van der Waals surface area contributed by atoms with Gasteiger partial charge in [-0.05, 0) is 36.2 Å². The zero-order chi connectivity index (χ0) is 19.4. The molecule has 0 fully saturated rings. The van der Waals surface area contributed by atoms with E-state index in [1.165, 1.54) is 23.5 Å². The molecule has 2 amide bonds. The normalized spacial score (nSPS) is 11.5. The Kier molecular flexibility index (Phi) is 5.62. The molecule has 0 aliphatic carbocycles. The lowest BCUT2D eigenvalue weighted by Gasteiger charge is -2.09. The summed E-state index contributed by atoms with van der Waals surface area (Å²) in [5, 5.41) is 5.80. The van der Waals surface area contributed by atoms with Crippen LogP contribution >= 0.6 is 11.3 Å². The van der Waals surface area contributed by atoms with Crippen molar-refractivity contribution < 1.29 is 13.2 Å². The van der Waals surface area contributed by atoms with E-state index in [-0.39, 0.29) is 16.1 Å². The monoisotopic (exact) mass is 404 g/mol. The maximum Gasteiger partial charge on any atom is 0.319 e. The van der Waals surface area contributed by atoms with E-state index in [0.29, 0.717) is 23.7 Å². The maximum atomic E-state index is 12.4. The number of carbonyl (C=O) groups excluding carboxylic acids is 1. The molecule has 0 radical (unpaired) electrons. The smallest absolute Gasteiger partial charge is 0.319 e. The van der Waals surface area contributed by atoms with Crippen molar-refractivity contribution >= 4 is 48.4 Å². The fraction of sp³-hybridized carbons (Fsp3) is 0.222. The standard InChI is InChI=1S/C18H20N4O3S2/c1-12(2)11-19-17(23)20-13-8-9-16-15(10-13)21-18(26-16)22-27(24,25)14-6-4-3-5-7-14/h3-10,12H,11H2,1-2H3,(H,21,22)(H2,19,20,23). The van der Waals surface area contributed by atoms with Crippen LogP contribution in [-0.4, -0.2) is 26.0 Å². The van der Waals surface area contributed by atoms with Gasteiger partial charge in [0.2, 0.25) is 0 Å². The molecule has 0 saturated heterocycles. The van der Waals surface area contributed by atoms with Crippen molar-refractivity contribution in [2.24, 2.45) is 5.92 Å². The fourth-order valence-corrected chi connectivity index (χ4v) is 4.40. The Labute approximate surface area is 161 Å². The van der Waals surface area contributed by atoms with Crippen LogP contribution < -0.4 is 15.4 Å². The second-order valence-corrected chi connectivity index (χ2v) is 9.06. The number of rotatable bonds is 6. The van der Waals surface area contributed by atoms with E-state index in [2.05, 4.69) is 20.3 Å². The molecule has 0 aliphatic heterocycles. The molecule has 3 aromatic rings. The first kappa shape index (κ1) is 19.1. The summed E-state index contributed by atoms with van der Waals surface area (Å²) in [6.07, 6.45) is 0. The zero-order valence-electron chi connectivity index (χ0n) is 14.9. The number of nitrogens with one attached hydrogen (secondary N) is 3. The molecule has 2 aromatic carbocycles. The van der Waals surface area contributed by atoms with Crippen LogP contribution in [0.3, 0.4) is 0 Å². The zero-order valence-corrected chi connectivity index (χ0v) is 16.5. The number of amides is 2. The number of fused-ring (bicyclic) bond motifs is 1. The third-order valence-electron chi connectivity index (χ3n) is 3.59. The minimum atomic E-state index is -3.69. The number of urea groups is 1. The lowest BCUT2D eigenvalue weighted by Crippen LogP contribution is -2.31. The van der Waals surface area contributed by atoms with Gasteiger partial charge in [0, 0.05) is 12.2 Å². The highest BCUT2D eigenvalue weighted by atomic mass is 32.2. The molecular formula is C18H20N4O3S2. The van der Waals surface area contributed by atoms with E-state index in [9.17, 15) is 13.2 Å². The number of anilines is 2. The average Bonchev–Trinajstić information content (AvgIpc) is 3.01. The van der Waals surface area contributed by atoms with Gasteiger partial charge in [0.25, 0.3) is 10.0 Å². The lowest BCUT2D eigenvalue weighted by molar-refractivity contribution is 0.251. The van der Waals surface area contributed by atoms with Crippen LogP contribution in [0.5, 0.6) is 0 Å². The number of hydrogen-bond donors (Lipinski definition) is 3. The van der Waals surface area contributed by atoms with Crippen molar-refractivity contribution in [3.05, 3.63) is 48.5 Å². The summed E-state index contributed by atoms with van der Waals surface area (Å²) in [6.45, 7) is 4.61. The van der Waals surface area contributed by atoms with Gasteiger partial charge in [0.1, 0.15) is 0 Å². The molecule has 3 rings (SSSR count). The highest BCUT2D eigenvalue weighted by molar-refractivity contribution is 7.93. The number of sulfonamides is 1. The molecule has 9 heteroatoms. The second-order valence-electron chi connectivity index (χ2n) is 6.35. The second kappa shape index (κ2) is 7.93. The maximum absolute atomic E-state index is 12.4. The predicted octanol–water partition coefficient (Wildman–Crippen LogP) is 3.87. The summed E-state index contributed by atoms with van der Waals surface area (Å²) in [5.41, 5.74) is 1.19. The molecule has 1 aromatic heterocycles. The van der Waals surface area contributed by atoms with Gasteiger partial charge >= 0.3 is 6.03 Å². The van der Waals surface area contributed by atoms with Crippen molar-refractivity contribution in [2.45, 2.75) is 18.7 Å². The Balaban J connectivity index is 1.75. The molecule has 7 nitrogen and oxygen atoms in total. The number of nitrogens with zero attached hydrogens (tertiary/aromatic N) is 1. The number of hydrogen-bond acceptors (Lipinski definition) is 5. The summed E-state index contributed by atoms with van der Waals surface area (Å²) >= 11 is 1.23. The highest BCUT2D eigenvalue weighted by Gasteiger charge is 2.16. The van der Waals surface area contributed by atoms with Crippen molar-refractivity contribution in [1.29, 1.82) is 0 Å². The van der Waals surface area contributed by atoms with Gasteiger partial charge < -0.3 is 10.6 Å². The first-order valence-electron chi connectivity index (χ1n) is 8.37. The third kappa shape index (κ3) is 4.95. The van der Waals surface area contributed by atoms with Crippen LogP contribution in [0.25, 0.3) is 10.2 Å². The Morgan fingerprint density at radius 1 is 1.15 bits per heavy atom. The number of aromatic nitrogens is 1. The van der Waals surface area contributed by atoms with E-state index in [0.717, 1.165) is 4.70 Å². The van der Waals surface area contributed by atoms with Crippen molar-refractivity contribution in [1.82, 2.24) is 10.3 Å². The number of benzene rings is 2. The van der Waals surface area contributed by atoms with Crippen LogP contribution in [0, 0.1) is 5.92 Å². The van der Waals surface area contributed by atoms with Crippen molar-refractivity contribution in [3.63, 3.8) is 0 Å². The molecule has 0 bridgehead atoms. The van der Waals surface area contributed by atoms with Crippen LogP contribution in [0.2, 0.25) is 0 Å². The minimum Gasteiger partial charge on any atom is -0.338 e. The van der Waals surface area contributed by atoms with Gasteiger partial charge in [-0.2, -0.15) is 0 Å². The first-order valence-corrected chi connectivity index (χ1v) is 10.7. The predicted molar refractivity (Wildman–Crippen MR) is 109 cm³/mol. The van der Waals surface area contributed by atoms with Gasteiger partial charge in [-0.15, -0.1) is 0 Å². The van der Waals surface area contributed by atoms with Gasteiger partial charge in [0.05, 0.1) is 15.1 Å². The molecule has 0 spiro atoms. The SMILES string of the molecule is CC(C)CNC(=O)Nc1ccc2sc(NS(=O)(=O)c3ccccc3)nc2c1. The number of thiazole rings is 1. The molecule has 0 saturated carbocycles. The van der Waals surface area contributed by atoms with Crippen molar-refractivity contribution in [3.8, 4) is 0 Å². The Hall–Kier alpha value is -2.65. The molecule has 0 aliphatic rings. The first-order chi connectivity index (χ1) is 12.8. The van der Waals surface area contributed by atoms with Crippen LogP contribution in [-0.2, 0) is 10.0 Å². The Morgan fingerprint density at radius 2 is 1.89 bits per heavy atom. The highest BCUT2D eigenvalue weighted by Crippen LogP contribution is 2.29. The molecule has 142 valence electrons. The molecule has 0 atom stereocenters. The minimum absolute atomic E-state index is 0.174. The van der Waals surface area contributed by atoms with Gasteiger partial charge in [-0.25, -0.2) is 18.2 Å². The van der Waals surface area contributed by atoms with Crippen LogP contribution in [0.1, 0.15) is 13.8 Å². The molecule has 1 heterocycles. The van der Waals surface area contributed by atoms with Crippen LogP contribution in [0.15, 0.2) is 53.4 Å². The molecule has 3 N–H and O–H groups in total. The van der Waals surface area contributed by atoms with E-state index >= 15 is 0 Å². The van der Waals surface area contributed by atoms with Crippen LogP contribution in [0.4, 0.5) is 15.6 Å². The quantitative estimate of drug-likeness (QED) is 0.580. The van der Waals surface area contributed by atoms with Gasteiger partial charge in [-0.3, -0.25) is 4.72 Å². The van der Waals surface area contributed by atoms with Crippen molar-refractivity contribution in [2.75, 3.05) is 16.6 Å². The Morgan fingerprint density at radius 3 is 2.59 bits per heavy atom. The molecule has 27 heavy (non-hydrogen) atoms. The number of carbonyl (C=O) groups is 1. The third-order valence-corrected chi connectivity index (χ3v) is 6.03. The fourth-order valence-electron chi connectivity index (χ4n) is 2.29. The largest absolute Gasteiger partial charge is 0.338 e. The van der Waals surface area contributed by atoms with E-state index in [1.807, 2.05) is 13.8 Å². The van der Waals surface area contributed by atoms with E-state index in [4.69, 9.17) is 0 Å². The van der Waals surface area contributed by atoms with E-state index < -0.39 is 10.0 Å². The summed E-state index contributed by atoms with van der Waals surface area (Å²) in [7, 11) is -3.69. The molecule has 0 unspecified atom stereocenters. The summed E-state index contributed by atoms with van der Waals surface area (Å²) in [4.78, 5) is 16.4. The summed E-state index contributed by atoms with van der Waals surface area (Å²) in [6, 6.07) is 13.1. The van der Waals surface area contributed by atoms with E-state index in [1.54, 1.807) is 36.4 Å². The summed E-state index contributed by atoms with van der Waals surface area (Å²) < 4.78 is 28.1. The topological polar surface area (TPSA) is 100 Å². The average molecular weight is 405 g/mol. The van der Waals surface area contributed by atoms with Gasteiger partial charge in [0.15, 0.2) is 5.13 Å². The Bertz CT molecular complexity index is 1050. The molecular weight excluding hydrogens is 384 g/mol. The lowest BCUT2D eigenvalue weighted by atomic mass is 10.2.